The molecule has 2 aromatic rings. The first-order valence-electron chi connectivity index (χ1n) is 6.69. The van der Waals surface area contributed by atoms with Gasteiger partial charge in [-0.15, -0.1) is 5.10 Å². The molecule has 0 saturated heterocycles. The zero-order valence-corrected chi connectivity index (χ0v) is 12.8. The summed E-state index contributed by atoms with van der Waals surface area (Å²) in [6.45, 7) is 9.63. The van der Waals surface area contributed by atoms with E-state index in [0.29, 0.717) is 6.04 Å². The Morgan fingerprint density at radius 2 is 1.89 bits per heavy atom. The van der Waals surface area contributed by atoms with Crippen molar-refractivity contribution in [2.45, 2.75) is 40.2 Å². The highest BCUT2D eigenvalue weighted by atomic mass is 32.1. The van der Waals surface area contributed by atoms with Gasteiger partial charge >= 0.3 is 0 Å². The van der Waals surface area contributed by atoms with E-state index in [1.165, 1.54) is 38.7 Å². The number of benzene rings is 1. The Morgan fingerprint density at radius 3 is 2.42 bits per heavy atom. The Kier molecular flexibility index (Phi) is 4.66. The second-order valence-electron chi connectivity index (χ2n) is 5.01. The van der Waals surface area contributed by atoms with Gasteiger partial charge < -0.3 is 5.32 Å². The van der Waals surface area contributed by atoms with Gasteiger partial charge in [-0.2, -0.15) is 0 Å². The summed E-state index contributed by atoms with van der Waals surface area (Å²) in [4.78, 5) is 1.21. The molecule has 0 bridgehead atoms. The minimum atomic E-state index is 0.310. The lowest BCUT2D eigenvalue weighted by atomic mass is 9.94. The summed E-state index contributed by atoms with van der Waals surface area (Å²) >= 11 is 1.48. The molecule has 0 fully saturated rings. The number of aromatic nitrogens is 2. The summed E-state index contributed by atoms with van der Waals surface area (Å²) in [6, 6.07) is 4.83. The SMILES string of the molecule is CCNC(Cc1c(C)cc(C)cc1C)c1cnns1. The van der Waals surface area contributed by atoms with Crippen LogP contribution in [0, 0.1) is 20.8 Å². The molecule has 1 unspecified atom stereocenters. The third-order valence-electron chi connectivity index (χ3n) is 3.42. The monoisotopic (exact) mass is 275 g/mol. The maximum atomic E-state index is 3.98. The highest BCUT2D eigenvalue weighted by Crippen LogP contribution is 2.25. The summed E-state index contributed by atoms with van der Waals surface area (Å²) in [5.74, 6) is 0. The molecule has 0 radical (unpaired) electrons. The van der Waals surface area contributed by atoms with Gasteiger partial charge in [0.25, 0.3) is 0 Å². The molecule has 102 valence electrons. The Bertz CT molecular complexity index is 511. The molecular weight excluding hydrogens is 254 g/mol. The number of aryl methyl sites for hydroxylation is 3. The standard InChI is InChI=1S/C15H21N3S/c1-5-16-14(15-9-17-18-19-15)8-13-11(3)6-10(2)7-12(13)4/h6-7,9,14,16H,5,8H2,1-4H3. The Morgan fingerprint density at radius 1 is 1.21 bits per heavy atom. The molecule has 1 heterocycles. The molecule has 1 aromatic carbocycles. The highest BCUT2D eigenvalue weighted by molar-refractivity contribution is 7.05. The number of hydrogen-bond donors (Lipinski definition) is 1. The van der Waals surface area contributed by atoms with Crippen molar-refractivity contribution >= 4 is 11.5 Å². The molecule has 0 aliphatic rings. The first kappa shape index (κ1) is 14.2. The largest absolute Gasteiger partial charge is 0.309 e. The zero-order chi connectivity index (χ0) is 13.8. The van der Waals surface area contributed by atoms with E-state index in [2.05, 4.69) is 54.7 Å². The Balaban J connectivity index is 2.27. The topological polar surface area (TPSA) is 37.8 Å². The number of hydrogen-bond acceptors (Lipinski definition) is 4. The van der Waals surface area contributed by atoms with Crippen LogP contribution in [0.1, 0.15) is 40.1 Å². The van der Waals surface area contributed by atoms with E-state index in [1.807, 2.05) is 6.20 Å². The number of nitrogens with one attached hydrogen (secondary N) is 1. The lowest BCUT2D eigenvalue weighted by Gasteiger charge is -2.19. The molecule has 1 atom stereocenters. The van der Waals surface area contributed by atoms with E-state index in [-0.39, 0.29) is 0 Å². The van der Waals surface area contributed by atoms with Crippen molar-refractivity contribution in [2.75, 3.05) is 6.54 Å². The predicted molar refractivity (Wildman–Crippen MR) is 80.7 cm³/mol. The number of rotatable bonds is 5. The normalized spacial score (nSPS) is 12.6. The van der Waals surface area contributed by atoms with Crippen LogP contribution in [0.2, 0.25) is 0 Å². The van der Waals surface area contributed by atoms with Crippen LogP contribution in [-0.4, -0.2) is 16.1 Å². The fourth-order valence-corrected chi connectivity index (χ4v) is 3.16. The summed E-state index contributed by atoms with van der Waals surface area (Å²) in [5, 5.41) is 7.49. The van der Waals surface area contributed by atoms with E-state index in [0.717, 1.165) is 13.0 Å². The molecule has 1 N–H and O–H groups in total. The van der Waals surface area contributed by atoms with Gasteiger partial charge in [-0.05, 0) is 62.0 Å². The Labute approximate surface area is 119 Å². The quantitative estimate of drug-likeness (QED) is 0.909. The van der Waals surface area contributed by atoms with Crippen LogP contribution in [-0.2, 0) is 6.42 Å². The van der Waals surface area contributed by atoms with Crippen LogP contribution in [0.3, 0.4) is 0 Å². The van der Waals surface area contributed by atoms with Crippen molar-refractivity contribution in [3.8, 4) is 0 Å². The van der Waals surface area contributed by atoms with Crippen molar-refractivity contribution in [2.24, 2.45) is 0 Å². The fraction of sp³-hybridized carbons (Fsp3) is 0.467. The van der Waals surface area contributed by atoms with Gasteiger partial charge in [-0.3, -0.25) is 0 Å². The van der Waals surface area contributed by atoms with E-state index >= 15 is 0 Å². The first-order chi connectivity index (χ1) is 9.11. The molecule has 4 heteroatoms. The second kappa shape index (κ2) is 6.26. The van der Waals surface area contributed by atoms with Gasteiger partial charge in [0.05, 0.1) is 11.1 Å². The van der Waals surface area contributed by atoms with Crippen molar-refractivity contribution in [3.05, 3.63) is 45.5 Å². The molecule has 0 aliphatic heterocycles. The van der Waals surface area contributed by atoms with Crippen LogP contribution in [0.5, 0.6) is 0 Å². The van der Waals surface area contributed by atoms with Gasteiger partial charge in [-0.25, -0.2) is 0 Å². The molecule has 0 spiro atoms. The van der Waals surface area contributed by atoms with E-state index in [1.54, 1.807) is 0 Å². The van der Waals surface area contributed by atoms with Crippen LogP contribution in [0.15, 0.2) is 18.3 Å². The first-order valence-corrected chi connectivity index (χ1v) is 7.46. The smallest absolute Gasteiger partial charge is 0.0669 e. The van der Waals surface area contributed by atoms with Crippen LogP contribution >= 0.6 is 11.5 Å². The fourth-order valence-electron chi connectivity index (χ4n) is 2.58. The average Bonchev–Trinajstić information content (AvgIpc) is 2.85. The molecule has 0 amide bonds. The number of nitrogens with zero attached hydrogens (tertiary/aromatic N) is 2. The third-order valence-corrected chi connectivity index (χ3v) is 4.20. The molecule has 2 rings (SSSR count). The minimum absolute atomic E-state index is 0.310. The van der Waals surface area contributed by atoms with Crippen LogP contribution in [0.4, 0.5) is 0 Å². The minimum Gasteiger partial charge on any atom is -0.309 e. The molecule has 0 aliphatic carbocycles. The van der Waals surface area contributed by atoms with E-state index in [4.69, 9.17) is 0 Å². The lowest BCUT2D eigenvalue weighted by molar-refractivity contribution is 0.555. The summed E-state index contributed by atoms with van der Waals surface area (Å²) < 4.78 is 3.98. The molecule has 19 heavy (non-hydrogen) atoms. The van der Waals surface area contributed by atoms with Crippen molar-refractivity contribution in [1.82, 2.24) is 14.9 Å². The van der Waals surface area contributed by atoms with Gasteiger partial charge in [0.15, 0.2) is 0 Å². The van der Waals surface area contributed by atoms with Crippen molar-refractivity contribution in [3.63, 3.8) is 0 Å². The number of likely N-dealkylation sites (N-methyl/N-ethyl adjacent to an activating group) is 1. The van der Waals surface area contributed by atoms with E-state index in [9.17, 15) is 0 Å². The summed E-state index contributed by atoms with van der Waals surface area (Å²) in [7, 11) is 0. The maximum absolute atomic E-state index is 3.98. The third kappa shape index (κ3) is 3.39. The van der Waals surface area contributed by atoms with Crippen LogP contribution in [0.25, 0.3) is 0 Å². The summed E-state index contributed by atoms with van der Waals surface area (Å²) in [5.41, 5.74) is 5.51. The zero-order valence-electron chi connectivity index (χ0n) is 12.0. The lowest BCUT2D eigenvalue weighted by Crippen LogP contribution is -2.22. The Hall–Kier alpha value is -1.26. The van der Waals surface area contributed by atoms with Gasteiger partial charge in [0.2, 0.25) is 0 Å². The molecule has 0 saturated carbocycles. The average molecular weight is 275 g/mol. The van der Waals surface area contributed by atoms with Crippen molar-refractivity contribution in [1.29, 1.82) is 0 Å². The highest BCUT2D eigenvalue weighted by Gasteiger charge is 2.16. The maximum Gasteiger partial charge on any atom is 0.0669 e. The van der Waals surface area contributed by atoms with Gasteiger partial charge in [0, 0.05) is 6.04 Å². The van der Waals surface area contributed by atoms with Gasteiger partial charge in [-0.1, -0.05) is 29.1 Å². The molecule has 3 nitrogen and oxygen atoms in total. The predicted octanol–water partition coefficient (Wildman–Crippen LogP) is 3.36. The molecular formula is C15H21N3S. The second-order valence-corrected chi connectivity index (χ2v) is 5.83. The molecule has 1 aromatic heterocycles. The van der Waals surface area contributed by atoms with Crippen molar-refractivity contribution < 1.29 is 0 Å². The summed E-state index contributed by atoms with van der Waals surface area (Å²) in [6.07, 6.45) is 2.87. The van der Waals surface area contributed by atoms with Gasteiger partial charge in [0.1, 0.15) is 0 Å². The van der Waals surface area contributed by atoms with E-state index < -0.39 is 0 Å². The van der Waals surface area contributed by atoms with Crippen LogP contribution < -0.4 is 5.32 Å².